The summed E-state index contributed by atoms with van der Waals surface area (Å²) in [5.74, 6) is -1.12. The van der Waals surface area contributed by atoms with E-state index in [1.54, 1.807) is 36.4 Å². The lowest BCUT2D eigenvalue weighted by atomic mass is 10.1. The van der Waals surface area contributed by atoms with Gasteiger partial charge in [-0.1, -0.05) is 24.3 Å². The third-order valence-electron chi connectivity index (χ3n) is 5.60. The second kappa shape index (κ2) is 15.5. The van der Waals surface area contributed by atoms with Crippen LogP contribution in [0.15, 0.2) is 72.8 Å². The van der Waals surface area contributed by atoms with Crippen molar-refractivity contribution in [3.8, 4) is 17.2 Å². The lowest BCUT2D eigenvalue weighted by Crippen LogP contribution is -2.38. The molecule has 3 aromatic rings. The molecule has 41 heavy (non-hydrogen) atoms. The van der Waals surface area contributed by atoms with Crippen LogP contribution in [0.4, 0.5) is 22.4 Å². The van der Waals surface area contributed by atoms with E-state index in [-0.39, 0.29) is 44.3 Å². The molecule has 12 heteroatoms. The molecule has 0 atom stereocenters. The Morgan fingerprint density at radius 1 is 0.780 bits per heavy atom. The number of rotatable bonds is 15. The number of carbonyl (C=O) groups excluding carboxylic acids is 1. The van der Waals surface area contributed by atoms with E-state index in [9.17, 15) is 27.2 Å². The normalized spacial score (nSPS) is 11.1. The van der Waals surface area contributed by atoms with Crippen LogP contribution in [0.2, 0.25) is 0 Å². The number of ether oxygens (including phenoxy) is 4. The molecule has 8 nitrogen and oxygen atoms in total. The molecule has 0 fully saturated rings. The Labute approximate surface area is 234 Å². The summed E-state index contributed by atoms with van der Waals surface area (Å²) >= 11 is 0. The molecule has 0 aliphatic heterocycles. The zero-order chi connectivity index (χ0) is 29.7. The van der Waals surface area contributed by atoms with Gasteiger partial charge in [-0.3, -0.25) is 4.79 Å². The molecule has 3 aromatic carbocycles. The highest BCUT2D eigenvalue weighted by molar-refractivity contribution is 5.70. The van der Waals surface area contributed by atoms with Gasteiger partial charge in [0.2, 0.25) is 0 Å². The van der Waals surface area contributed by atoms with Crippen LogP contribution in [0.3, 0.4) is 0 Å². The second-order valence-electron chi connectivity index (χ2n) is 8.79. The molecule has 1 amide bonds. The van der Waals surface area contributed by atoms with E-state index >= 15 is 0 Å². The van der Waals surface area contributed by atoms with Gasteiger partial charge >= 0.3 is 18.4 Å². The van der Waals surface area contributed by atoms with Crippen LogP contribution in [0, 0.1) is 5.82 Å². The van der Waals surface area contributed by atoms with Crippen molar-refractivity contribution in [1.82, 2.24) is 4.90 Å². The average Bonchev–Trinajstić information content (AvgIpc) is 2.92. The quantitative estimate of drug-likeness (QED) is 0.169. The maximum Gasteiger partial charge on any atom is 0.573 e. The first-order valence-corrected chi connectivity index (χ1v) is 12.7. The smallest absolute Gasteiger partial charge is 0.492 e. The molecular formula is C29H29F4NO7. The largest absolute Gasteiger partial charge is 0.573 e. The van der Waals surface area contributed by atoms with E-state index in [1.807, 2.05) is 0 Å². The highest BCUT2D eigenvalue weighted by atomic mass is 19.4. The van der Waals surface area contributed by atoms with Gasteiger partial charge in [0, 0.05) is 19.6 Å². The van der Waals surface area contributed by atoms with Crippen molar-refractivity contribution in [2.75, 3.05) is 26.3 Å². The minimum absolute atomic E-state index is 0.0168. The van der Waals surface area contributed by atoms with Gasteiger partial charge in [-0.2, -0.15) is 0 Å². The fourth-order valence-electron chi connectivity index (χ4n) is 3.57. The van der Waals surface area contributed by atoms with Gasteiger partial charge in [-0.15, -0.1) is 13.2 Å². The predicted octanol–water partition coefficient (Wildman–Crippen LogP) is 6.23. The molecule has 3 rings (SSSR count). The van der Waals surface area contributed by atoms with Crippen LogP contribution in [0.5, 0.6) is 17.2 Å². The topological polar surface area (TPSA) is 94.5 Å². The third-order valence-corrected chi connectivity index (χ3v) is 5.60. The van der Waals surface area contributed by atoms with E-state index < -0.39 is 24.2 Å². The number of nitrogens with zero attached hydrogens (tertiary/aromatic N) is 1. The molecule has 0 spiro atoms. The molecular weight excluding hydrogens is 550 g/mol. The first-order valence-electron chi connectivity index (χ1n) is 12.7. The minimum Gasteiger partial charge on any atom is -0.492 e. The molecule has 220 valence electrons. The molecule has 0 aliphatic carbocycles. The molecule has 0 bridgehead atoms. The monoisotopic (exact) mass is 579 g/mol. The highest BCUT2D eigenvalue weighted by Crippen LogP contribution is 2.25. The van der Waals surface area contributed by atoms with Crippen LogP contribution >= 0.6 is 0 Å². The Morgan fingerprint density at radius 3 is 2.02 bits per heavy atom. The van der Waals surface area contributed by atoms with Crippen molar-refractivity contribution in [2.45, 2.75) is 32.2 Å². The highest BCUT2D eigenvalue weighted by Gasteiger charge is 2.31. The van der Waals surface area contributed by atoms with Crippen molar-refractivity contribution in [3.05, 3.63) is 89.7 Å². The molecule has 1 N–H and O–H groups in total. The zero-order valence-electron chi connectivity index (χ0n) is 21.9. The van der Waals surface area contributed by atoms with Crippen LogP contribution < -0.4 is 14.2 Å². The number of carbonyl (C=O) groups is 2. The number of alkyl halides is 3. The van der Waals surface area contributed by atoms with Gasteiger partial charge in [0.15, 0.2) is 0 Å². The number of aryl methyl sites for hydroxylation is 1. The fraction of sp³-hybridized carbons (Fsp3) is 0.310. The molecule has 0 aromatic heterocycles. The number of hydrogen-bond donors (Lipinski definition) is 1. The van der Waals surface area contributed by atoms with E-state index in [1.165, 1.54) is 29.2 Å². The standard InChI is InChI=1S/C29H29F4NO7/c30-23-7-2-22(3-8-23)20-38-18-1-16-34(17-19-39-24-9-4-21(5-10-24)6-15-27(35)36)28(37)40-25-11-13-26(14-12-25)41-29(31,32)33/h2-5,7-14H,1,6,15-20H2,(H,35,36). The van der Waals surface area contributed by atoms with E-state index in [4.69, 9.17) is 19.3 Å². The zero-order valence-corrected chi connectivity index (χ0v) is 21.9. The predicted molar refractivity (Wildman–Crippen MR) is 139 cm³/mol. The Bertz CT molecular complexity index is 1230. The van der Waals surface area contributed by atoms with Gasteiger partial charge in [0.25, 0.3) is 0 Å². The van der Waals surface area contributed by atoms with E-state index in [2.05, 4.69) is 4.74 Å². The number of carboxylic acids is 1. The van der Waals surface area contributed by atoms with Crippen molar-refractivity contribution >= 4 is 12.1 Å². The average molecular weight is 580 g/mol. The lowest BCUT2D eigenvalue weighted by molar-refractivity contribution is -0.274. The summed E-state index contributed by atoms with van der Waals surface area (Å²) < 4.78 is 70.7. The second-order valence-corrected chi connectivity index (χ2v) is 8.79. The molecule has 0 unspecified atom stereocenters. The Kier molecular flexibility index (Phi) is 11.8. The Balaban J connectivity index is 1.53. The Hall–Kier alpha value is -4.32. The van der Waals surface area contributed by atoms with Crippen LogP contribution in [-0.4, -0.2) is 54.7 Å². The molecule has 0 saturated carbocycles. The molecule has 0 radical (unpaired) electrons. The Morgan fingerprint density at radius 2 is 1.39 bits per heavy atom. The maximum absolute atomic E-state index is 13.0. The summed E-state index contributed by atoms with van der Waals surface area (Å²) in [4.78, 5) is 25.0. The van der Waals surface area contributed by atoms with Gasteiger partial charge in [-0.05, 0) is 72.5 Å². The summed E-state index contributed by atoms with van der Waals surface area (Å²) in [5.41, 5.74) is 1.64. The van der Waals surface area contributed by atoms with Gasteiger partial charge in [0.1, 0.15) is 29.7 Å². The summed E-state index contributed by atoms with van der Waals surface area (Å²) in [6, 6.07) is 17.3. The number of hydrogen-bond acceptors (Lipinski definition) is 6. The maximum atomic E-state index is 13.0. The number of benzene rings is 3. The summed E-state index contributed by atoms with van der Waals surface area (Å²) in [7, 11) is 0. The summed E-state index contributed by atoms with van der Waals surface area (Å²) in [6.45, 7) is 1.03. The van der Waals surface area contributed by atoms with Crippen molar-refractivity contribution in [2.24, 2.45) is 0 Å². The van der Waals surface area contributed by atoms with Crippen molar-refractivity contribution in [1.29, 1.82) is 0 Å². The van der Waals surface area contributed by atoms with E-state index in [0.717, 1.165) is 23.3 Å². The van der Waals surface area contributed by atoms with Gasteiger partial charge in [-0.25, -0.2) is 9.18 Å². The number of carboxylic acid groups (broad SMARTS) is 1. The number of amides is 1. The molecule has 0 saturated heterocycles. The first kappa shape index (κ1) is 31.2. The van der Waals surface area contributed by atoms with Gasteiger partial charge in [0.05, 0.1) is 13.2 Å². The SMILES string of the molecule is O=C(O)CCc1ccc(OCCN(CCCOCc2ccc(F)cc2)C(=O)Oc2ccc(OC(F)(F)F)cc2)cc1. The fourth-order valence-corrected chi connectivity index (χ4v) is 3.57. The van der Waals surface area contributed by atoms with Crippen LogP contribution in [0.25, 0.3) is 0 Å². The van der Waals surface area contributed by atoms with Crippen molar-refractivity contribution in [3.63, 3.8) is 0 Å². The van der Waals surface area contributed by atoms with E-state index in [0.29, 0.717) is 25.2 Å². The molecule has 0 aliphatic rings. The molecule has 0 heterocycles. The first-order chi connectivity index (χ1) is 19.6. The van der Waals surface area contributed by atoms with Crippen molar-refractivity contribution < 1.29 is 51.2 Å². The lowest BCUT2D eigenvalue weighted by Gasteiger charge is -2.22. The van der Waals surface area contributed by atoms with Crippen LogP contribution in [-0.2, 0) is 22.6 Å². The number of halogens is 4. The number of aliphatic carboxylic acids is 1. The minimum atomic E-state index is -4.84. The summed E-state index contributed by atoms with van der Waals surface area (Å²) in [5, 5.41) is 8.81. The third kappa shape index (κ3) is 12.2. The summed E-state index contributed by atoms with van der Waals surface area (Å²) in [6.07, 6.45) is -4.73. The van der Waals surface area contributed by atoms with Crippen LogP contribution in [0.1, 0.15) is 24.0 Å². The van der Waals surface area contributed by atoms with Gasteiger partial charge < -0.3 is 29.0 Å².